The summed E-state index contributed by atoms with van der Waals surface area (Å²) in [6, 6.07) is 72.4. The van der Waals surface area contributed by atoms with Crippen LogP contribution >= 0.6 is 11.3 Å². The predicted octanol–water partition coefficient (Wildman–Crippen LogP) is 14.2. The number of fused-ring (bicyclic) bond motifs is 8. The average Bonchev–Trinajstić information content (AvgIpc) is 3.89. The van der Waals surface area contributed by atoms with Crippen LogP contribution in [-0.4, -0.2) is 8.97 Å². The van der Waals surface area contributed by atoms with E-state index in [9.17, 15) is 0 Å². The van der Waals surface area contributed by atoms with Gasteiger partial charge in [0.1, 0.15) is 4.83 Å². The lowest BCUT2D eigenvalue weighted by molar-refractivity contribution is 1.18. The van der Waals surface area contributed by atoms with Gasteiger partial charge in [-0.05, 0) is 77.9 Å². The van der Waals surface area contributed by atoms with Gasteiger partial charge in [-0.15, -0.1) is 11.3 Å². The van der Waals surface area contributed by atoms with Crippen LogP contribution in [0.15, 0.2) is 200 Å². The number of thiazole rings is 1. The van der Waals surface area contributed by atoms with Gasteiger partial charge in [-0.25, -0.2) is 0 Å². The molecule has 0 amide bonds. The van der Waals surface area contributed by atoms with Gasteiger partial charge < -0.3 is 9.47 Å². The number of nitrogens with zero attached hydrogens (tertiary/aromatic N) is 3. The third kappa shape index (κ3) is 4.74. The zero-order valence-corrected chi connectivity index (χ0v) is 30.1. The van der Waals surface area contributed by atoms with E-state index in [4.69, 9.17) is 0 Å². The second-order valence-corrected chi connectivity index (χ2v) is 14.8. The predicted molar refractivity (Wildman–Crippen MR) is 230 cm³/mol. The fourth-order valence-electron chi connectivity index (χ4n) is 8.34. The molecule has 11 aromatic rings. The van der Waals surface area contributed by atoms with Crippen molar-refractivity contribution in [1.82, 2.24) is 8.97 Å². The molecule has 0 atom stereocenters. The molecular weight excluding hydrogens is 675 g/mol. The molecule has 0 aliphatic carbocycles. The molecule has 0 saturated heterocycles. The lowest BCUT2D eigenvalue weighted by Gasteiger charge is -2.25. The number of anilines is 3. The van der Waals surface area contributed by atoms with E-state index in [0.717, 1.165) is 22.7 Å². The highest BCUT2D eigenvalue weighted by atomic mass is 32.1. The highest BCUT2D eigenvalue weighted by Gasteiger charge is 2.22. The van der Waals surface area contributed by atoms with Crippen LogP contribution in [0.2, 0.25) is 0 Å². The van der Waals surface area contributed by atoms with Crippen LogP contribution in [0.5, 0.6) is 0 Å². The molecule has 0 fully saturated rings. The first-order chi connectivity index (χ1) is 26.8. The molecule has 3 aromatic heterocycles. The van der Waals surface area contributed by atoms with Crippen molar-refractivity contribution in [3.63, 3.8) is 0 Å². The summed E-state index contributed by atoms with van der Waals surface area (Å²) in [5.74, 6) is 0. The van der Waals surface area contributed by atoms with E-state index >= 15 is 0 Å². The molecule has 0 unspecified atom stereocenters. The topological polar surface area (TPSA) is 12.6 Å². The molecule has 3 nitrogen and oxygen atoms in total. The van der Waals surface area contributed by atoms with Crippen LogP contribution in [-0.2, 0) is 0 Å². The van der Waals surface area contributed by atoms with Crippen molar-refractivity contribution in [2.24, 2.45) is 0 Å². The fourth-order valence-corrected chi connectivity index (χ4v) is 9.69. The van der Waals surface area contributed by atoms with Gasteiger partial charge in [0, 0.05) is 50.0 Å². The van der Waals surface area contributed by atoms with Crippen LogP contribution < -0.4 is 4.90 Å². The third-order valence-electron chi connectivity index (χ3n) is 10.7. The van der Waals surface area contributed by atoms with Crippen LogP contribution in [0, 0.1) is 0 Å². The van der Waals surface area contributed by atoms with Gasteiger partial charge in [-0.2, -0.15) is 0 Å². The molecule has 8 aromatic carbocycles. The maximum absolute atomic E-state index is 2.50. The SMILES string of the molecule is c1ccc(-c2c3ccccc3n3c2sc2c(-c4ccc(N(c5ccccc5)c5ccccc5)cc4)cc(-n4c5ccccc5c5ccccc54)cc23)cc1. The number of para-hydroxylation sites is 5. The van der Waals surface area contributed by atoms with Crippen molar-refractivity contribution < 1.29 is 0 Å². The lowest BCUT2D eigenvalue weighted by atomic mass is 10.0. The first kappa shape index (κ1) is 30.7. The Balaban J connectivity index is 1.20. The molecule has 0 aliphatic rings. The van der Waals surface area contributed by atoms with Crippen molar-refractivity contribution in [2.75, 3.05) is 4.90 Å². The summed E-state index contributed by atoms with van der Waals surface area (Å²) >= 11 is 1.89. The second-order valence-electron chi connectivity index (χ2n) is 13.8. The first-order valence-electron chi connectivity index (χ1n) is 18.4. The second kappa shape index (κ2) is 12.4. The Morgan fingerprint density at radius 2 is 0.889 bits per heavy atom. The number of aromatic nitrogens is 2. The normalized spacial score (nSPS) is 11.7. The van der Waals surface area contributed by atoms with Crippen molar-refractivity contribution in [1.29, 1.82) is 0 Å². The average molecular weight is 708 g/mol. The molecule has 54 heavy (non-hydrogen) atoms. The van der Waals surface area contributed by atoms with Gasteiger partial charge in [-0.1, -0.05) is 133 Å². The number of hydrogen-bond donors (Lipinski definition) is 0. The van der Waals surface area contributed by atoms with Crippen LogP contribution in [0.1, 0.15) is 0 Å². The molecule has 254 valence electrons. The number of benzene rings is 8. The van der Waals surface area contributed by atoms with E-state index in [0.29, 0.717) is 0 Å². The van der Waals surface area contributed by atoms with E-state index < -0.39 is 0 Å². The Bertz CT molecular complexity index is 3040. The van der Waals surface area contributed by atoms with Gasteiger partial charge >= 0.3 is 0 Å². The monoisotopic (exact) mass is 707 g/mol. The Morgan fingerprint density at radius 1 is 0.389 bits per heavy atom. The minimum Gasteiger partial charge on any atom is -0.311 e. The summed E-state index contributed by atoms with van der Waals surface area (Å²) in [5.41, 5.74) is 14.3. The van der Waals surface area contributed by atoms with Gasteiger partial charge in [0.2, 0.25) is 0 Å². The van der Waals surface area contributed by atoms with Crippen LogP contribution in [0.25, 0.3) is 75.7 Å². The Hall–Kier alpha value is -6.88. The van der Waals surface area contributed by atoms with E-state index in [1.54, 1.807) is 0 Å². The van der Waals surface area contributed by atoms with Crippen LogP contribution in [0.4, 0.5) is 17.1 Å². The molecule has 0 radical (unpaired) electrons. The molecule has 11 rings (SSSR count). The standard InChI is InChI=1S/C50H33N3S/c1-4-16-35(17-5-1)48-42-24-12-15-27-46(42)53-47-33-39(52-44-25-13-10-22-40(44)41-23-11-14-26-45(41)52)32-43(49(47)54-50(48)53)34-28-30-38(31-29-34)51(36-18-6-2-7-19-36)37-20-8-3-9-21-37/h1-33H. The van der Waals surface area contributed by atoms with Gasteiger partial charge in [0.15, 0.2) is 0 Å². The summed E-state index contributed by atoms with van der Waals surface area (Å²) < 4.78 is 6.22. The molecule has 0 N–H and O–H groups in total. The fraction of sp³-hybridized carbons (Fsp3) is 0. The molecule has 0 spiro atoms. The summed E-state index contributed by atoms with van der Waals surface area (Å²) in [6.45, 7) is 0. The Kier molecular flexibility index (Phi) is 7.04. The highest BCUT2D eigenvalue weighted by Crippen LogP contribution is 2.47. The first-order valence-corrected chi connectivity index (χ1v) is 19.2. The van der Waals surface area contributed by atoms with Crippen molar-refractivity contribution >= 4 is 76.2 Å². The van der Waals surface area contributed by atoms with Crippen molar-refractivity contribution in [3.8, 4) is 27.9 Å². The molecule has 4 heteroatoms. The summed E-state index contributed by atoms with van der Waals surface area (Å²) in [7, 11) is 0. The van der Waals surface area contributed by atoms with E-state index in [1.807, 2.05) is 11.3 Å². The van der Waals surface area contributed by atoms with Crippen molar-refractivity contribution in [3.05, 3.63) is 200 Å². The lowest BCUT2D eigenvalue weighted by Crippen LogP contribution is -2.09. The van der Waals surface area contributed by atoms with Gasteiger partial charge in [0.05, 0.1) is 26.8 Å². The third-order valence-corrected chi connectivity index (χ3v) is 11.9. The van der Waals surface area contributed by atoms with Gasteiger partial charge in [-0.3, -0.25) is 4.40 Å². The Morgan fingerprint density at radius 3 is 1.50 bits per heavy atom. The minimum absolute atomic E-state index is 1.11. The molecular formula is C50H33N3S. The molecule has 0 saturated carbocycles. The van der Waals surface area contributed by atoms with E-state index in [2.05, 4.69) is 214 Å². The highest BCUT2D eigenvalue weighted by molar-refractivity contribution is 7.25. The minimum atomic E-state index is 1.11. The zero-order chi connectivity index (χ0) is 35.6. The number of rotatable bonds is 6. The van der Waals surface area contributed by atoms with Gasteiger partial charge in [0.25, 0.3) is 0 Å². The molecule has 0 aliphatic heterocycles. The largest absolute Gasteiger partial charge is 0.311 e. The van der Waals surface area contributed by atoms with Crippen molar-refractivity contribution in [2.45, 2.75) is 0 Å². The summed E-state index contributed by atoms with van der Waals surface area (Å²) in [6.07, 6.45) is 0. The zero-order valence-electron chi connectivity index (χ0n) is 29.3. The molecule has 0 bridgehead atoms. The van der Waals surface area contributed by atoms with Crippen LogP contribution in [0.3, 0.4) is 0 Å². The molecule has 3 heterocycles. The van der Waals surface area contributed by atoms with E-state index in [-0.39, 0.29) is 0 Å². The van der Waals surface area contributed by atoms with E-state index in [1.165, 1.54) is 70.0 Å². The maximum atomic E-state index is 2.50. The Labute approximate surface area is 316 Å². The maximum Gasteiger partial charge on any atom is 0.109 e. The quantitative estimate of drug-likeness (QED) is 0.168. The number of hydrogen-bond acceptors (Lipinski definition) is 2. The smallest absolute Gasteiger partial charge is 0.109 e. The summed E-state index contributed by atoms with van der Waals surface area (Å²) in [5, 5.41) is 3.79. The summed E-state index contributed by atoms with van der Waals surface area (Å²) in [4.78, 5) is 3.58.